The SMILES string of the molecule is CC(C)c1cc(N=[N+]=[N-])cc2ccccc12. The highest BCUT2D eigenvalue weighted by Crippen LogP contribution is 2.30. The molecule has 3 heteroatoms. The number of nitrogens with zero attached hydrogens (tertiary/aromatic N) is 3. The van der Waals surface area contributed by atoms with Crippen molar-refractivity contribution in [1.82, 2.24) is 0 Å². The van der Waals surface area contributed by atoms with E-state index in [1.54, 1.807) is 0 Å². The smallest absolute Gasteiger partial charge is 0.0384 e. The van der Waals surface area contributed by atoms with E-state index >= 15 is 0 Å². The zero-order chi connectivity index (χ0) is 11.5. The Labute approximate surface area is 94.3 Å². The van der Waals surface area contributed by atoms with Crippen LogP contribution in [0.3, 0.4) is 0 Å². The summed E-state index contributed by atoms with van der Waals surface area (Å²) in [6, 6.07) is 12.0. The highest BCUT2D eigenvalue weighted by molar-refractivity contribution is 5.88. The van der Waals surface area contributed by atoms with E-state index < -0.39 is 0 Å². The Hall–Kier alpha value is -1.99. The number of rotatable bonds is 2. The van der Waals surface area contributed by atoms with Crippen LogP contribution in [0.4, 0.5) is 5.69 Å². The molecule has 2 aromatic rings. The van der Waals surface area contributed by atoms with Crippen LogP contribution in [0.25, 0.3) is 21.2 Å². The van der Waals surface area contributed by atoms with Crippen LogP contribution in [-0.2, 0) is 0 Å². The van der Waals surface area contributed by atoms with Crippen molar-refractivity contribution in [3.63, 3.8) is 0 Å². The predicted octanol–water partition coefficient (Wildman–Crippen LogP) is 4.91. The minimum atomic E-state index is 0.416. The summed E-state index contributed by atoms with van der Waals surface area (Å²) < 4.78 is 0. The van der Waals surface area contributed by atoms with Crippen molar-refractivity contribution in [2.75, 3.05) is 0 Å². The van der Waals surface area contributed by atoms with Crippen LogP contribution in [-0.4, -0.2) is 0 Å². The molecule has 3 nitrogen and oxygen atoms in total. The second-order valence-corrected chi connectivity index (χ2v) is 4.10. The molecule has 0 aliphatic heterocycles. The van der Waals surface area contributed by atoms with Crippen molar-refractivity contribution >= 4 is 16.5 Å². The zero-order valence-corrected chi connectivity index (χ0v) is 9.38. The predicted molar refractivity (Wildman–Crippen MR) is 66.8 cm³/mol. The highest BCUT2D eigenvalue weighted by atomic mass is 15.1. The molecule has 0 spiro atoms. The van der Waals surface area contributed by atoms with Gasteiger partial charge in [0.1, 0.15) is 0 Å². The van der Waals surface area contributed by atoms with Crippen LogP contribution in [0.2, 0.25) is 0 Å². The largest absolute Gasteiger partial charge is 0.0616 e. The monoisotopic (exact) mass is 211 g/mol. The summed E-state index contributed by atoms with van der Waals surface area (Å²) in [6.45, 7) is 4.28. The lowest BCUT2D eigenvalue weighted by atomic mass is 9.95. The van der Waals surface area contributed by atoms with E-state index in [9.17, 15) is 0 Å². The average molecular weight is 211 g/mol. The lowest BCUT2D eigenvalue weighted by molar-refractivity contribution is 0.876. The van der Waals surface area contributed by atoms with Crippen molar-refractivity contribution in [3.8, 4) is 0 Å². The third kappa shape index (κ3) is 1.86. The van der Waals surface area contributed by atoms with Crippen molar-refractivity contribution in [1.29, 1.82) is 0 Å². The summed E-state index contributed by atoms with van der Waals surface area (Å²) in [7, 11) is 0. The van der Waals surface area contributed by atoms with E-state index in [2.05, 4.69) is 29.9 Å². The summed E-state index contributed by atoms with van der Waals surface area (Å²) in [5.74, 6) is 0.416. The molecule has 0 radical (unpaired) electrons. The van der Waals surface area contributed by atoms with Gasteiger partial charge in [-0.1, -0.05) is 43.2 Å². The topological polar surface area (TPSA) is 48.8 Å². The van der Waals surface area contributed by atoms with E-state index in [4.69, 9.17) is 5.53 Å². The fourth-order valence-electron chi connectivity index (χ4n) is 1.91. The number of hydrogen-bond acceptors (Lipinski definition) is 1. The molecular weight excluding hydrogens is 198 g/mol. The molecule has 0 fully saturated rings. The molecule has 0 amide bonds. The third-order valence-corrected chi connectivity index (χ3v) is 2.66. The van der Waals surface area contributed by atoms with Crippen LogP contribution in [0.1, 0.15) is 25.3 Å². The maximum absolute atomic E-state index is 8.48. The molecule has 0 saturated heterocycles. The fraction of sp³-hybridized carbons (Fsp3) is 0.231. The summed E-state index contributed by atoms with van der Waals surface area (Å²) in [5.41, 5.74) is 10.4. The van der Waals surface area contributed by atoms with Crippen molar-refractivity contribution in [2.24, 2.45) is 5.11 Å². The van der Waals surface area contributed by atoms with Gasteiger partial charge in [-0.3, -0.25) is 0 Å². The molecule has 0 aliphatic rings. The minimum absolute atomic E-state index is 0.416. The fourth-order valence-corrected chi connectivity index (χ4v) is 1.91. The highest BCUT2D eigenvalue weighted by Gasteiger charge is 2.06. The van der Waals surface area contributed by atoms with Gasteiger partial charge in [-0.2, -0.15) is 0 Å². The van der Waals surface area contributed by atoms with E-state index in [1.165, 1.54) is 10.9 Å². The van der Waals surface area contributed by atoms with E-state index in [0.717, 1.165) is 5.39 Å². The Morgan fingerprint density at radius 3 is 2.62 bits per heavy atom. The van der Waals surface area contributed by atoms with Gasteiger partial charge in [0.05, 0.1) is 0 Å². The maximum Gasteiger partial charge on any atom is 0.0384 e. The lowest BCUT2D eigenvalue weighted by Crippen LogP contribution is -1.89. The first-order valence-corrected chi connectivity index (χ1v) is 5.30. The average Bonchev–Trinajstić information content (AvgIpc) is 2.28. The standard InChI is InChI=1S/C13H13N3/c1-9(2)13-8-11(15-16-14)7-10-5-3-4-6-12(10)13/h3-9H,1-2H3. The van der Waals surface area contributed by atoms with Crippen molar-refractivity contribution < 1.29 is 0 Å². The molecule has 2 rings (SSSR count). The van der Waals surface area contributed by atoms with Crippen LogP contribution < -0.4 is 0 Å². The lowest BCUT2D eigenvalue weighted by Gasteiger charge is -2.11. The second kappa shape index (κ2) is 4.25. The minimum Gasteiger partial charge on any atom is -0.0616 e. The Morgan fingerprint density at radius 2 is 1.94 bits per heavy atom. The molecular formula is C13H13N3. The van der Waals surface area contributed by atoms with Crippen LogP contribution in [0.15, 0.2) is 41.5 Å². The molecule has 0 saturated carbocycles. The second-order valence-electron chi connectivity index (χ2n) is 4.10. The first-order chi connectivity index (χ1) is 7.72. The Kier molecular flexibility index (Phi) is 2.80. The molecule has 0 bridgehead atoms. The zero-order valence-electron chi connectivity index (χ0n) is 9.38. The van der Waals surface area contributed by atoms with Gasteiger partial charge in [-0.25, -0.2) is 0 Å². The van der Waals surface area contributed by atoms with Crippen molar-refractivity contribution in [2.45, 2.75) is 19.8 Å². The molecule has 0 N–H and O–H groups in total. The van der Waals surface area contributed by atoms with E-state index in [-0.39, 0.29) is 0 Å². The first-order valence-electron chi connectivity index (χ1n) is 5.30. The van der Waals surface area contributed by atoms with Gasteiger partial charge in [-0.05, 0) is 39.9 Å². The van der Waals surface area contributed by atoms with Gasteiger partial charge in [0.25, 0.3) is 0 Å². The Bertz CT molecular complexity index is 566. The normalized spacial score (nSPS) is 10.4. The van der Waals surface area contributed by atoms with Crippen LogP contribution >= 0.6 is 0 Å². The molecule has 0 aliphatic carbocycles. The molecule has 0 aromatic heterocycles. The van der Waals surface area contributed by atoms with Gasteiger partial charge in [0.15, 0.2) is 0 Å². The van der Waals surface area contributed by atoms with Crippen LogP contribution in [0, 0.1) is 0 Å². The number of fused-ring (bicyclic) bond motifs is 1. The summed E-state index contributed by atoms with van der Waals surface area (Å²) >= 11 is 0. The van der Waals surface area contributed by atoms with Gasteiger partial charge in [-0.15, -0.1) is 0 Å². The summed E-state index contributed by atoms with van der Waals surface area (Å²) in [5, 5.41) is 6.03. The van der Waals surface area contributed by atoms with Crippen LogP contribution in [0.5, 0.6) is 0 Å². The van der Waals surface area contributed by atoms with Crippen molar-refractivity contribution in [3.05, 3.63) is 52.4 Å². The molecule has 0 heterocycles. The molecule has 0 unspecified atom stereocenters. The van der Waals surface area contributed by atoms with E-state index in [1.807, 2.05) is 30.3 Å². The molecule has 2 aromatic carbocycles. The van der Waals surface area contributed by atoms with Gasteiger partial charge in [0.2, 0.25) is 0 Å². The number of hydrogen-bond donors (Lipinski definition) is 0. The first kappa shape index (κ1) is 10.5. The number of benzene rings is 2. The molecule has 0 atom stereocenters. The Balaban J connectivity index is 2.78. The quantitative estimate of drug-likeness (QED) is 0.385. The molecule has 80 valence electrons. The third-order valence-electron chi connectivity index (χ3n) is 2.66. The van der Waals surface area contributed by atoms with Gasteiger partial charge in [0, 0.05) is 10.6 Å². The van der Waals surface area contributed by atoms with E-state index in [0.29, 0.717) is 11.6 Å². The number of azide groups is 1. The molecule has 16 heavy (non-hydrogen) atoms. The van der Waals surface area contributed by atoms with Gasteiger partial charge >= 0.3 is 0 Å². The maximum atomic E-state index is 8.48. The Morgan fingerprint density at radius 1 is 1.19 bits per heavy atom. The summed E-state index contributed by atoms with van der Waals surface area (Å²) in [4.78, 5) is 2.84. The van der Waals surface area contributed by atoms with Gasteiger partial charge < -0.3 is 0 Å². The summed E-state index contributed by atoms with van der Waals surface area (Å²) in [6.07, 6.45) is 0.